The Morgan fingerprint density at radius 3 is 3.20 bits per heavy atom. The second kappa shape index (κ2) is 2.08. The van der Waals surface area contributed by atoms with Crippen LogP contribution in [0.2, 0.25) is 0 Å². The average Bonchev–Trinajstić information content (AvgIpc) is 2.34. The van der Waals surface area contributed by atoms with Gasteiger partial charge in [-0.1, -0.05) is 12.2 Å². The summed E-state index contributed by atoms with van der Waals surface area (Å²) >= 11 is 0. The molecule has 1 heterocycles. The topological polar surface area (TPSA) is 3.01 Å². The Morgan fingerprint density at radius 2 is 2.40 bits per heavy atom. The fourth-order valence-corrected chi connectivity index (χ4v) is 1.61. The third-order valence-electron chi connectivity index (χ3n) is 2.23. The van der Waals surface area contributed by atoms with E-state index < -0.39 is 0 Å². The van der Waals surface area contributed by atoms with Crippen LogP contribution in [0.3, 0.4) is 0 Å². The molecule has 10 heavy (non-hydrogen) atoms. The molecular weight excluding hydrogens is 122 g/mol. The number of fused-ring (bicyclic) bond motifs is 1. The monoisotopic (exact) mass is 134 g/mol. The quantitative estimate of drug-likeness (QED) is 0.440. The summed E-state index contributed by atoms with van der Waals surface area (Å²) in [4.78, 5) is 0. The molecule has 2 aliphatic rings. The van der Waals surface area contributed by atoms with Crippen molar-refractivity contribution >= 4 is 5.71 Å². The van der Waals surface area contributed by atoms with E-state index in [-0.39, 0.29) is 0 Å². The molecule has 52 valence electrons. The highest BCUT2D eigenvalue weighted by atomic mass is 15.0. The summed E-state index contributed by atoms with van der Waals surface area (Å²) in [6.07, 6.45) is 9.17. The lowest BCUT2D eigenvalue weighted by Gasteiger charge is -1.97. The molecule has 0 aromatic rings. The van der Waals surface area contributed by atoms with Crippen LogP contribution in [0.1, 0.15) is 12.8 Å². The smallest absolute Gasteiger partial charge is 0.202 e. The van der Waals surface area contributed by atoms with Gasteiger partial charge in [0.2, 0.25) is 5.71 Å². The SMILES string of the molecule is C[N+]1=C2C=CCC=C2CC1. The number of hydrogen-bond donors (Lipinski definition) is 0. The summed E-state index contributed by atoms with van der Waals surface area (Å²) in [7, 11) is 2.16. The van der Waals surface area contributed by atoms with Gasteiger partial charge in [0.05, 0.1) is 0 Å². The van der Waals surface area contributed by atoms with Crippen LogP contribution < -0.4 is 0 Å². The molecule has 0 saturated carbocycles. The second-order valence-electron chi connectivity index (χ2n) is 2.92. The van der Waals surface area contributed by atoms with E-state index in [2.05, 4.69) is 29.9 Å². The molecule has 0 radical (unpaired) electrons. The van der Waals surface area contributed by atoms with Gasteiger partial charge in [-0.2, -0.15) is 0 Å². The molecule has 1 heteroatoms. The van der Waals surface area contributed by atoms with Crippen molar-refractivity contribution in [2.45, 2.75) is 12.8 Å². The van der Waals surface area contributed by atoms with E-state index in [9.17, 15) is 0 Å². The van der Waals surface area contributed by atoms with Crippen molar-refractivity contribution in [1.29, 1.82) is 0 Å². The fraction of sp³-hybridized carbons (Fsp3) is 0.444. The van der Waals surface area contributed by atoms with Gasteiger partial charge in [-0.05, 0) is 6.42 Å². The summed E-state index contributed by atoms with van der Waals surface area (Å²) < 4.78 is 2.32. The summed E-state index contributed by atoms with van der Waals surface area (Å²) in [6.45, 7) is 1.20. The molecule has 0 fully saturated rings. The molecule has 0 bridgehead atoms. The van der Waals surface area contributed by atoms with Gasteiger partial charge < -0.3 is 0 Å². The van der Waals surface area contributed by atoms with E-state index >= 15 is 0 Å². The maximum Gasteiger partial charge on any atom is 0.202 e. The van der Waals surface area contributed by atoms with Crippen molar-refractivity contribution < 1.29 is 4.58 Å². The molecule has 0 atom stereocenters. The molecule has 2 rings (SSSR count). The van der Waals surface area contributed by atoms with E-state index in [4.69, 9.17) is 0 Å². The van der Waals surface area contributed by atoms with Crippen LogP contribution in [0.4, 0.5) is 0 Å². The molecule has 0 amide bonds. The molecule has 0 spiro atoms. The third kappa shape index (κ3) is 0.737. The largest absolute Gasteiger partial charge is 0.232 e. The summed E-state index contributed by atoms with van der Waals surface area (Å²) in [5.74, 6) is 0. The predicted molar refractivity (Wildman–Crippen MR) is 42.5 cm³/mol. The summed E-state index contributed by atoms with van der Waals surface area (Å²) in [5, 5.41) is 0. The van der Waals surface area contributed by atoms with Crippen molar-refractivity contribution in [2.75, 3.05) is 13.6 Å². The lowest BCUT2D eigenvalue weighted by atomic mass is 10.0. The lowest BCUT2D eigenvalue weighted by molar-refractivity contribution is -0.487. The number of nitrogens with zero attached hydrogens (tertiary/aromatic N) is 1. The maximum atomic E-state index is 2.33. The first kappa shape index (κ1) is 5.90. The van der Waals surface area contributed by atoms with Crippen molar-refractivity contribution in [2.24, 2.45) is 0 Å². The summed E-state index contributed by atoms with van der Waals surface area (Å²) in [5.41, 5.74) is 2.98. The first-order valence-electron chi connectivity index (χ1n) is 3.82. The van der Waals surface area contributed by atoms with Gasteiger partial charge in [0.25, 0.3) is 0 Å². The highest BCUT2D eigenvalue weighted by Crippen LogP contribution is 2.17. The van der Waals surface area contributed by atoms with Gasteiger partial charge in [-0.25, -0.2) is 4.58 Å². The fourth-order valence-electron chi connectivity index (χ4n) is 1.61. The van der Waals surface area contributed by atoms with Crippen molar-refractivity contribution in [3.8, 4) is 0 Å². The molecule has 0 aromatic heterocycles. The van der Waals surface area contributed by atoms with E-state index in [0.717, 1.165) is 6.42 Å². The third-order valence-corrected chi connectivity index (χ3v) is 2.23. The molecule has 1 nitrogen and oxygen atoms in total. The van der Waals surface area contributed by atoms with Crippen LogP contribution in [0.25, 0.3) is 0 Å². The minimum absolute atomic E-state index is 1.13. The van der Waals surface area contributed by atoms with E-state index in [0.29, 0.717) is 0 Å². The van der Waals surface area contributed by atoms with Gasteiger partial charge in [0.15, 0.2) is 0 Å². The zero-order valence-corrected chi connectivity index (χ0v) is 6.30. The average molecular weight is 134 g/mol. The first-order chi connectivity index (χ1) is 4.88. The van der Waals surface area contributed by atoms with Crippen LogP contribution >= 0.6 is 0 Å². The second-order valence-corrected chi connectivity index (χ2v) is 2.92. The molecule has 1 aliphatic heterocycles. The van der Waals surface area contributed by atoms with Crippen LogP contribution in [0, 0.1) is 0 Å². The molecule has 0 aromatic carbocycles. The van der Waals surface area contributed by atoms with Gasteiger partial charge in [-0.15, -0.1) is 0 Å². The standard InChI is InChI=1S/C9H12N/c1-10-7-6-8-4-2-3-5-9(8)10/h3-5H,2,6-7H2,1H3/q+1. The molecular formula is C9H12N+. The maximum absolute atomic E-state index is 2.33. The van der Waals surface area contributed by atoms with Gasteiger partial charge in [0.1, 0.15) is 13.6 Å². The molecule has 0 saturated heterocycles. The van der Waals surface area contributed by atoms with Gasteiger partial charge in [0, 0.05) is 18.1 Å². The zero-order chi connectivity index (χ0) is 6.97. The van der Waals surface area contributed by atoms with Crippen LogP contribution in [-0.4, -0.2) is 23.9 Å². The van der Waals surface area contributed by atoms with Crippen LogP contribution in [0.15, 0.2) is 23.8 Å². The Kier molecular flexibility index (Phi) is 1.23. The highest BCUT2D eigenvalue weighted by molar-refractivity contribution is 6.06. The lowest BCUT2D eigenvalue weighted by Crippen LogP contribution is -2.08. The van der Waals surface area contributed by atoms with Gasteiger partial charge in [-0.3, -0.25) is 0 Å². The molecule has 0 N–H and O–H groups in total. The van der Waals surface area contributed by atoms with Crippen LogP contribution in [-0.2, 0) is 0 Å². The zero-order valence-electron chi connectivity index (χ0n) is 6.30. The summed E-state index contributed by atoms with van der Waals surface area (Å²) in [6, 6.07) is 0. The van der Waals surface area contributed by atoms with Crippen LogP contribution in [0.5, 0.6) is 0 Å². The van der Waals surface area contributed by atoms with Crippen molar-refractivity contribution in [3.63, 3.8) is 0 Å². The van der Waals surface area contributed by atoms with Crippen molar-refractivity contribution in [1.82, 2.24) is 0 Å². The number of rotatable bonds is 0. The molecule has 0 unspecified atom stereocenters. The number of hydrogen-bond acceptors (Lipinski definition) is 0. The van der Waals surface area contributed by atoms with E-state index in [1.165, 1.54) is 18.7 Å². The Bertz CT molecular complexity index is 243. The Labute approximate surface area is 61.4 Å². The first-order valence-corrected chi connectivity index (χ1v) is 3.82. The van der Waals surface area contributed by atoms with E-state index in [1.54, 1.807) is 5.57 Å². The minimum atomic E-state index is 1.13. The Hall–Kier alpha value is -0.850. The highest BCUT2D eigenvalue weighted by Gasteiger charge is 2.22. The van der Waals surface area contributed by atoms with Crippen molar-refractivity contribution in [3.05, 3.63) is 23.8 Å². The van der Waals surface area contributed by atoms with E-state index in [1.807, 2.05) is 0 Å². The Balaban J connectivity index is 2.44. The Morgan fingerprint density at radius 1 is 1.50 bits per heavy atom. The molecule has 1 aliphatic carbocycles. The minimum Gasteiger partial charge on any atom is -0.232 e. The van der Waals surface area contributed by atoms with Gasteiger partial charge >= 0.3 is 0 Å². The predicted octanol–water partition coefficient (Wildman–Crippen LogP) is 1.36. The number of allylic oxidation sites excluding steroid dienone is 3. The normalized spacial score (nSPS) is 23.1.